The molecular formula is C21H16ClN3O3S2. The van der Waals surface area contributed by atoms with Crippen molar-refractivity contribution in [2.24, 2.45) is 0 Å². The molecule has 0 aliphatic heterocycles. The second-order valence-electron chi connectivity index (χ2n) is 6.36. The number of hydrogen-bond donors (Lipinski definition) is 2. The van der Waals surface area contributed by atoms with Crippen LogP contribution < -0.4 is 10.0 Å². The van der Waals surface area contributed by atoms with Crippen LogP contribution in [-0.4, -0.2) is 19.3 Å². The highest BCUT2D eigenvalue weighted by atomic mass is 35.5. The first-order valence-corrected chi connectivity index (χ1v) is 11.6. The minimum Gasteiger partial charge on any atom is -0.345 e. The molecule has 0 atom stereocenters. The highest BCUT2D eigenvalue weighted by Gasteiger charge is 2.19. The van der Waals surface area contributed by atoms with Gasteiger partial charge in [-0.25, -0.2) is 13.4 Å². The molecule has 0 saturated carbocycles. The highest BCUT2D eigenvalue weighted by Crippen LogP contribution is 2.23. The van der Waals surface area contributed by atoms with Gasteiger partial charge in [-0.05, 0) is 48.5 Å². The van der Waals surface area contributed by atoms with Crippen LogP contribution in [0.5, 0.6) is 0 Å². The number of carbonyl (C=O) groups excluding carboxylic acids is 1. The molecule has 4 aromatic rings. The molecule has 152 valence electrons. The molecule has 0 aliphatic carbocycles. The van der Waals surface area contributed by atoms with Gasteiger partial charge < -0.3 is 5.32 Å². The Hall–Kier alpha value is -2.94. The van der Waals surface area contributed by atoms with Crippen molar-refractivity contribution < 1.29 is 13.2 Å². The molecule has 6 nitrogen and oxygen atoms in total. The first kappa shape index (κ1) is 20.3. The number of nitrogens with zero attached hydrogens (tertiary/aromatic N) is 1. The van der Waals surface area contributed by atoms with Gasteiger partial charge in [0, 0.05) is 5.02 Å². The van der Waals surface area contributed by atoms with Gasteiger partial charge in [0.25, 0.3) is 15.9 Å². The van der Waals surface area contributed by atoms with Crippen molar-refractivity contribution in [1.82, 2.24) is 10.3 Å². The van der Waals surface area contributed by atoms with Crippen molar-refractivity contribution in [3.05, 3.63) is 88.4 Å². The van der Waals surface area contributed by atoms with Crippen LogP contribution in [0.25, 0.3) is 10.2 Å². The minimum absolute atomic E-state index is 0.0524. The summed E-state index contributed by atoms with van der Waals surface area (Å²) in [6.45, 7) is 0.246. The van der Waals surface area contributed by atoms with Gasteiger partial charge in [0.05, 0.1) is 32.9 Å². The summed E-state index contributed by atoms with van der Waals surface area (Å²) in [5.74, 6) is -0.399. The topological polar surface area (TPSA) is 88.2 Å². The fraction of sp³-hybridized carbons (Fsp3) is 0.0476. The number of anilines is 1. The molecule has 1 heterocycles. The number of fused-ring (bicyclic) bond motifs is 1. The Morgan fingerprint density at radius 3 is 2.43 bits per heavy atom. The number of amides is 1. The predicted octanol–water partition coefficient (Wildman–Crippen LogP) is 4.68. The lowest BCUT2D eigenvalue weighted by Crippen LogP contribution is -2.24. The summed E-state index contributed by atoms with van der Waals surface area (Å²) < 4.78 is 28.9. The summed E-state index contributed by atoms with van der Waals surface area (Å²) in [7, 11) is -3.87. The summed E-state index contributed by atoms with van der Waals surface area (Å²) in [5.41, 5.74) is 1.29. The lowest BCUT2D eigenvalue weighted by atomic mass is 10.1. The number of hydrogen-bond acceptors (Lipinski definition) is 5. The summed E-state index contributed by atoms with van der Waals surface area (Å²) in [4.78, 5) is 17.3. The molecule has 1 amide bonds. The Bertz CT molecular complexity index is 1290. The highest BCUT2D eigenvalue weighted by molar-refractivity contribution is 7.92. The van der Waals surface area contributed by atoms with Gasteiger partial charge in [-0.1, -0.05) is 35.9 Å². The average molecular weight is 458 g/mol. The number of sulfonamides is 1. The van der Waals surface area contributed by atoms with E-state index in [1.165, 1.54) is 35.6 Å². The van der Waals surface area contributed by atoms with Gasteiger partial charge in [0.1, 0.15) is 5.01 Å². The fourth-order valence-electron chi connectivity index (χ4n) is 2.83. The largest absolute Gasteiger partial charge is 0.345 e. The maximum absolute atomic E-state index is 12.7. The van der Waals surface area contributed by atoms with Crippen molar-refractivity contribution in [3.63, 3.8) is 0 Å². The van der Waals surface area contributed by atoms with Crippen molar-refractivity contribution >= 4 is 54.8 Å². The van der Waals surface area contributed by atoms with Crippen molar-refractivity contribution in [2.45, 2.75) is 11.4 Å². The number of para-hydroxylation sites is 2. The zero-order chi connectivity index (χ0) is 21.1. The monoisotopic (exact) mass is 457 g/mol. The number of rotatable bonds is 6. The maximum Gasteiger partial charge on any atom is 0.261 e. The first-order chi connectivity index (χ1) is 14.4. The van der Waals surface area contributed by atoms with E-state index in [1.54, 1.807) is 24.3 Å². The molecule has 0 spiro atoms. The maximum atomic E-state index is 12.7. The lowest BCUT2D eigenvalue weighted by molar-refractivity contribution is 0.0952. The summed E-state index contributed by atoms with van der Waals surface area (Å²) in [6.07, 6.45) is 0. The van der Waals surface area contributed by atoms with Gasteiger partial charge >= 0.3 is 0 Å². The number of aromatic nitrogens is 1. The second-order valence-corrected chi connectivity index (χ2v) is 9.60. The fourth-order valence-corrected chi connectivity index (χ4v) is 4.95. The van der Waals surface area contributed by atoms with Gasteiger partial charge in [-0.2, -0.15) is 0 Å². The van der Waals surface area contributed by atoms with Crippen LogP contribution in [0.3, 0.4) is 0 Å². The zero-order valence-corrected chi connectivity index (χ0v) is 17.9. The molecule has 30 heavy (non-hydrogen) atoms. The van der Waals surface area contributed by atoms with E-state index in [0.717, 1.165) is 15.2 Å². The zero-order valence-electron chi connectivity index (χ0n) is 15.5. The van der Waals surface area contributed by atoms with Crippen molar-refractivity contribution in [3.8, 4) is 0 Å². The SMILES string of the molecule is O=C(NCc1nc2ccccc2s1)c1ccccc1NS(=O)(=O)c1ccc(Cl)cc1. The van der Waals surface area contributed by atoms with Crippen molar-refractivity contribution in [1.29, 1.82) is 0 Å². The molecular weight excluding hydrogens is 442 g/mol. The van der Waals surface area contributed by atoms with Gasteiger partial charge in [0.15, 0.2) is 0 Å². The molecule has 0 saturated heterocycles. The average Bonchev–Trinajstić information content (AvgIpc) is 3.15. The first-order valence-electron chi connectivity index (χ1n) is 8.92. The van der Waals surface area contributed by atoms with Crippen LogP contribution in [0.1, 0.15) is 15.4 Å². The molecule has 3 aromatic carbocycles. The Labute approximate surface area is 182 Å². The van der Waals surface area contributed by atoms with E-state index in [0.29, 0.717) is 5.02 Å². The third kappa shape index (κ3) is 4.46. The van der Waals surface area contributed by atoms with Crippen LogP contribution >= 0.6 is 22.9 Å². The summed E-state index contributed by atoms with van der Waals surface area (Å²) >= 11 is 7.33. The third-order valence-electron chi connectivity index (χ3n) is 4.28. The standard InChI is InChI=1S/C21H16ClN3O3S2/c22-14-9-11-15(12-10-14)30(27,28)25-17-6-2-1-5-16(17)21(26)23-13-20-24-18-7-3-4-8-19(18)29-20/h1-12,25H,13H2,(H,23,26). The lowest BCUT2D eigenvalue weighted by Gasteiger charge is -2.12. The Morgan fingerprint density at radius 2 is 1.67 bits per heavy atom. The minimum atomic E-state index is -3.87. The number of halogens is 1. The molecule has 2 N–H and O–H groups in total. The van der Waals surface area contributed by atoms with Gasteiger partial charge in [-0.15, -0.1) is 11.3 Å². The number of thiazole rings is 1. The Kier molecular flexibility index (Phi) is 5.72. The van der Waals surface area contributed by atoms with Gasteiger partial charge in [0.2, 0.25) is 0 Å². The normalized spacial score (nSPS) is 11.4. The van der Waals surface area contributed by atoms with Crippen LogP contribution in [0.4, 0.5) is 5.69 Å². The molecule has 0 radical (unpaired) electrons. The van der Waals surface area contributed by atoms with Crippen LogP contribution in [0.2, 0.25) is 5.02 Å². The number of nitrogens with one attached hydrogen (secondary N) is 2. The molecule has 0 unspecified atom stereocenters. The smallest absolute Gasteiger partial charge is 0.261 e. The molecule has 0 aliphatic rings. The molecule has 9 heteroatoms. The van der Waals surface area contributed by atoms with E-state index in [-0.39, 0.29) is 22.7 Å². The Morgan fingerprint density at radius 1 is 0.967 bits per heavy atom. The molecule has 0 fully saturated rings. The van der Waals surface area contributed by atoms with E-state index in [4.69, 9.17) is 11.6 Å². The van der Waals surface area contributed by atoms with E-state index in [9.17, 15) is 13.2 Å². The second kappa shape index (κ2) is 8.43. The molecule has 0 bridgehead atoms. The summed E-state index contributed by atoms with van der Waals surface area (Å²) in [6, 6.07) is 20.0. The van der Waals surface area contributed by atoms with E-state index >= 15 is 0 Å². The van der Waals surface area contributed by atoms with E-state index in [2.05, 4.69) is 15.0 Å². The van der Waals surface area contributed by atoms with Crippen molar-refractivity contribution in [2.75, 3.05) is 4.72 Å². The van der Waals surface area contributed by atoms with E-state index in [1.807, 2.05) is 24.3 Å². The van der Waals surface area contributed by atoms with E-state index < -0.39 is 15.9 Å². The number of benzene rings is 3. The van der Waals surface area contributed by atoms with Gasteiger partial charge in [-0.3, -0.25) is 9.52 Å². The summed E-state index contributed by atoms with van der Waals surface area (Å²) in [5, 5.41) is 4.01. The van der Waals surface area contributed by atoms with Crippen LogP contribution in [0, 0.1) is 0 Å². The quantitative estimate of drug-likeness (QED) is 0.440. The van der Waals surface area contributed by atoms with Crippen LogP contribution in [-0.2, 0) is 16.6 Å². The third-order valence-corrected chi connectivity index (χ3v) is 6.95. The van der Waals surface area contributed by atoms with Crippen LogP contribution in [0.15, 0.2) is 77.7 Å². The molecule has 4 rings (SSSR count). The molecule has 1 aromatic heterocycles. The number of carbonyl (C=O) groups is 1. The Balaban J connectivity index is 1.52. The predicted molar refractivity (Wildman–Crippen MR) is 119 cm³/mol.